The summed E-state index contributed by atoms with van der Waals surface area (Å²) in [5.41, 5.74) is 1.33. The summed E-state index contributed by atoms with van der Waals surface area (Å²) in [7, 11) is 1.97. The second-order valence-corrected chi connectivity index (χ2v) is 3.56. The molecule has 0 aromatic carbocycles. The summed E-state index contributed by atoms with van der Waals surface area (Å²) in [5, 5.41) is 3.18. The molecule has 1 rings (SSSR count). The maximum absolute atomic E-state index is 4.41. The Morgan fingerprint density at radius 2 is 2.30 bits per heavy atom. The van der Waals surface area contributed by atoms with Crippen LogP contribution in [0.15, 0.2) is 10.6 Å². The van der Waals surface area contributed by atoms with Crippen LogP contribution < -0.4 is 5.32 Å². The molecule has 1 aliphatic carbocycles. The highest BCUT2D eigenvalue weighted by Crippen LogP contribution is 2.29. The van der Waals surface area contributed by atoms with Crippen LogP contribution in [0.5, 0.6) is 0 Å². The Balaban J connectivity index is 2.61. The third-order valence-electron chi connectivity index (χ3n) is 2.08. The number of hydrogen-bond donors (Lipinski definition) is 2. The molecule has 0 aliphatic heterocycles. The molecule has 1 N–H and O–H groups in total. The zero-order valence-corrected chi connectivity index (χ0v) is 7.54. The molecule has 1 unspecified atom stereocenters. The van der Waals surface area contributed by atoms with Gasteiger partial charge in [-0.05, 0) is 25.2 Å². The molecule has 2 heteroatoms. The highest BCUT2D eigenvalue weighted by atomic mass is 32.1. The van der Waals surface area contributed by atoms with E-state index in [4.69, 9.17) is 0 Å². The molecule has 0 fully saturated rings. The molecule has 0 bridgehead atoms. The Kier molecular flexibility index (Phi) is 2.66. The van der Waals surface area contributed by atoms with Crippen molar-refractivity contribution in [2.45, 2.75) is 26.2 Å². The predicted molar refractivity (Wildman–Crippen MR) is 48.1 cm³/mol. The van der Waals surface area contributed by atoms with Gasteiger partial charge < -0.3 is 5.32 Å². The van der Waals surface area contributed by atoms with Gasteiger partial charge in [-0.3, -0.25) is 0 Å². The lowest BCUT2D eigenvalue weighted by Gasteiger charge is -2.21. The summed E-state index contributed by atoms with van der Waals surface area (Å²) in [6.45, 7) is 2.28. The van der Waals surface area contributed by atoms with E-state index in [-0.39, 0.29) is 0 Å². The Hall–Kier alpha value is -0.110. The molecule has 0 spiro atoms. The van der Waals surface area contributed by atoms with Crippen molar-refractivity contribution in [3.8, 4) is 0 Å². The van der Waals surface area contributed by atoms with Crippen LogP contribution in [-0.2, 0) is 0 Å². The van der Waals surface area contributed by atoms with Crippen molar-refractivity contribution in [3.05, 3.63) is 10.6 Å². The number of thiol groups is 1. The first-order chi connectivity index (χ1) is 4.74. The molecule has 0 aromatic rings. The van der Waals surface area contributed by atoms with Crippen LogP contribution in [0.4, 0.5) is 0 Å². The Labute approximate surface area is 68.3 Å². The fraction of sp³-hybridized carbons (Fsp3) is 0.750. The third kappa shape index (κ3) is 1.69. The lowest BCUT2D eigenvalue weighted by Crippen LogP contribution is -2.14. The maximum Gasteiger partial charge on any atom is 0.0198 e. The van der Waals surface area contributed by atoms with Crippen LogP contribution in [-0.4, -0.2) is 7.05 Å². The van der Waals surface area contributed by atoms with E-state index in [1.54, 1.807) is 0 Å². The summed E-state index contributed by atoms with van der Waals surface area (Å²) in [4.78, 5) is 1.25. The summed E-state index contributed by atoms with van der Waals surface area (Å²) >= 11 is 4.41. The highest BCUT2D eigenvalue weighted by Gasteiger charge is 2.13. The molecule has 0 heterocycles. The zero-order valence-electron chi connectivity index (χ0n) is 6.65. The van der Waals surface area contributed by atoms with E-state index in [0.29, 0.717) is 0 Å². The van der Waals surface area contributed by atoms with Crippen LogP contribution in [0.2, 0.25) is 0 Å². The predicted octanol–water partition coefficient (Wildman–Crippen LogP) is 2.17. The fourth-order valence-electron chi connectivity index (χ4n) is 1.36. The lowest BCUT2D eigenvalue weighted by molar-refractivity contribution is 0.498. The van der Waals surface area contributed by atoms with Gasteiger partial charge in [0, 0.05) is 17.6 Å². The Morgan fingerprint density at radius 3 is 2.80 bits per heavy atom. The Morgan fingerprint density at radius 1 is 1.60 bits per heavy atom. The summed E-state index contributed by atoms with van der Waals surface area (Å²) < 4.78 is 0. The molecule has 0 saturated heterocycles. The maximum atomic E-state index is 4.41. The van der Waals surface area contributed by atoms with Crippen LogP contribution in [0.1, 0.15) is 26.2 Å². The SMILES string of the molecule is CNC1=C(S)CC(C)CC1. The second-order valence-electron chi connectivity index (χ2n) is 3.02. The number of nitrogens with one attached hydrogen (secondary N) is 1. The average molecular weight is 157 g/mol. The normalized spacial score (nSPS) is 26.9. The van der Waals surface area contributed by atoms with Gasteiger partial charge in [0.25, 0.3) is 0 Å². The minimum atomic E-state index is 0.824. The summed E-state index contributed by atoms with van der Waals surface area (Å²) in [5.74, 6) is 0.824. The van der Waals surface area contributed by atoms with Crippen LogP contribution in [0, 0.1) is 5.92 Å². The van der Waals surface area contributed by atoms with Gasteiger partial charge in [0.1, 0.15) is 0 Å². The van der Waals surface area contributed by atoms with Crippen LogP contribution >= 0.6 is 12.6 Å². The van der Waals surface area contributed by atoms with Gasteiger partial charge in [-0.1, -0.05) is 6.92 Å². The van der Waals surface area contributed by atoms with Crippen molar-refractivity contribution in [1.82, 2.24) is 5.32 Å². The van der Waals surface area contributed by atoms with Crippen molar-refractivity contribution in [2.75, 3.05) is 7.05 Å². The molecule has 58 valence electrons. The van der Waals surface area contributed by atoms with Crippen molar-refractivity contribution in [3.63, 3.8) is 0 Å². The van der Waals surface area contributed by atoms with Gasteiger partial charge >= 0.3 is 0 Å². The summed E-state index contributed by atoms with van der Waals surface area (Å²) in [6, 6.07) is 0. The molecule has 0 aromatic heterocycles. The van der Waals surface area contributed by atoms with Gasteiger partial charge in [-0.15, -0.1) is 12.6 Å². The second kappa shape index (κ2) is 3.33. The molecule has 0 saturated carbocycles. The summed E-state index contributed by atoms with van der Waals surface area (Å²) in [6.07, 6.45) is 3.63. The van der Waals surface area contributed by atoms with E-state index in [1.807, 2.05) is 7.05 Å². The average Bonchev–Trinajstić information content (AvgIpc) is 1.88. The van der Waals surface area contributed by atoms with Crippen molar-refractivity contribution in [2.24, 2.45) is 5.92 Å². The smallest absolute Gasteiger partial charge is 0.0198 e. The molecule has 1 aliphatic rings. The highest BCUT2D eigenvalue weighted by molar-refractivity contribution is 7.84. The van der Waals surface area contributed by atoms with Gasteiger partial charge in [-0.2, -0.15) is 0 Å². The van der Waals surface area contributed by atoms with Gasteiger partial charge in [-0.25, -0.2) is 0 Å². The molecule has 1 atom stereocenters. The van der Waals surface area contributed by atoms with E-state index in [9.17, 15) is 0 Å². The van der Waals surface area contributed by atoms with E-state index in [2.05, 4.69) is 24.9 Å². The van der Waals surface area contributed by atoms with Crippen molar-refractivity contribution in [1.29, 1.82) is 0 Å². The first-order valence-electron chi connectivity index (χ1n) is 3.82. The number of rotatable bonds is 1. The van der Waals surface area contributed by atoms with E-state index in [0.717, 1.165) is 12.3 Å². The first-order valence-corrected chi connectivity index (χ1v) is 4.27. The van der Waals surface area contributed by atoms with Crippen LogP contribution in [0.25, 0.3) is 0 Å². The molecule has 1 nitrogen and oxygen atoms in total. The van der Waals surface area contributed by atoms with E-state index >= 15 is 0 Å². The lowest BCUT2D eigenvalue weighted by atomic mass is 9.94. The van der Waals surface area contributed by atoms with Crippen molar-refractivity contribution >= 4 is 12.6 Å². The van der Waals surface area contributed by atoms with Gasteiger partial charge in [0.15, 0.2) is 0 Å². The van der Waals surface area contributed by atoms with E-state index in [1.165, 1.54) is 23.4 Å². The van der Waals surface area contributed by atoms with Gasteiger partial charge in [0.05, 0.1) is 0 Å². The first kappa shape index (κ1) is 7.99. The largest absolute Gasteiger partial charge is 0.391 e. The third-order valence-corrected chi connectivity index (χ3v) is 2.53. The minimum absolute atomic E-state index is 0.824. The topological polar surface area (TPSA) is 12.0 Å². The molecular formula is C8H15NS. The van der Waals surface area contributed by atoms with E-state index < -0.39 is 0 Å². The quantitative estimate of drug-likeness (QED) is 0.556. The zero-order chi connectivity index (χ0) is 7.56. The van der Waals surface area contributed by atoms with Crippen LogP contribution in [0.3, 0.4) is 0 Å². The number of hydrogen-bond acceptors (Lipinski definition) is 2. The minimum Gasteiger partial charge on any atom is -0.391 e. The molecular weight excluding hydrogens is 142 g/mol. The fourth-order valence-corrected chi connectivity index (χ4v) is 1.89. The molecule has 10 heavy (non-hydrogen) atoms. The Bertz CT molecular complexity index is 151. The molecule has 0 radical (unpaired) electrons. The number of allylic oxidation sites excluding steroid dienone is 2. The standard InChI is InChI=1S/C8H15NS/c1-6-3-4-7(9-2)8(10)5-6/h6,9-10H,3-5H2,1-2H3. The monoisotopic (exact) mass is 157 g/mol. The van der Waals surface area contributed by atoms with Gasteiger partial charge in [0.2, 0.25) is 0 Å². The van der Waals surface area contributed by atoms with Crippen molar-refractivity contribution < 1.29 is 0 Å². The molecule has 0 amide bonds.